The van der Waals surface area contributed by atoms with Crippen LogP contribution in [0.3, 0.4) is 0 Å². The van der Waals surface area contributed by atoms with E-state index in [1.165, 1.54) is 24.5 Å². The van der Waals surface area contributed by atoms with Crippen LogP contribution in [0, 0.1) is 0 Å². The van der Waals surface area contributed by atoms with E-state index in [2.05, 4.69) is 15.6 Å². The van der Waals surface area contributed by atoms with Gasteiger partial charge < -0.3 is 10.6 Å². The standard InChI is InChI=1S/C15H15N3O3S/c1-10(19)13-5-4-12(22-13)6-8-17-14(20)15(21)18-11-3-2-7-16-9-11/h2-5,7,9H,6,8H2,1H3,(H,17,20)(H,18,21). The minimum absolute atomic E-state index is 0.0242. The van der Waals surface area contributed by atoms with Crippen LogP contribution in [0.5, 0.6) is 0 Å². The van der Waals surface area contributed by atoms with E-state index in [0.29, 0.717) is 23.5 Å². The van der Waals surface area contributed by atoms with Crippen molar-refractivity contribution in [2.24, 2.45) is 0 Å². The summed E-state index contributed by atoms with van der Waals surface area (Å²) in [5.74, 6) is -1.41. The molecule has 114 valence electrons. The summed E-state index contributed by atoms with van der Waals surface area (Å²) < 4.78 is 0. The zero-order chi connectivity index (χ0) is 15.9. The molecule has 0 unspecified atom stereocenters. The number of anilines is 1. The Hall–Kier alpha value is -2.54. The predicted molar refractivity (Wildman–Crippen MR) is 83.9 cm³/mol. The molecule has 7 heteroatoms. The summed E-state index contributed by atoms with van der Waals surface area (Å²) in [5.41, 5.74) is 0.465. The number of hydrogen-bond donors (Lipinski definition) is 2. The Morgan fingerprint density at radius 1 is 1.18 bits per heavy atom. The van der Waals surface area contributed by atoms with Crippen LogP contribution in [0.15, 0.2) is 36.7 Å². The van der Waals surface area contributed by atoms with Crippen LogP contribution < -0.4 is 10.6 Å². The highest BCUT2D eigenvalue weighted by atomic mass is 32.1. The van der Waals surface area contributed by atoms with E-state index >= 15 is 0 Å². The summed E-state index contributed by atoms with van der Waals surface area (Å²) in [5, 5.41) is 4.99. The summed E-state index contributed by atoms with van der Waals surface area (Å²) in [7, 11) is 0. The third-order valence-corrected chi connectivity index (χ3v) is 4.04. The Balaban J connectivity index is 1.77. The highest BCUT2D eigenvalue weighted by Gasteiger charge is 2.13. The van der Waals surface area contributed by atoms with Crippen LogP contribution in [0.25, 0.3) is 0 Å². The molecule has 2 heterocycles. The molecule has 0 saturated heterocycles. The lowest BCUT2D eigenvalue weighted by Gasteiger charge is -2.05. The molecule has 0 saturated carbocycles. The number of nitrogens with zero attached hydrogens (tertiary/aromatic N) is 1. The third kappa shape index (κ3) is 4.49. The second kappa shape index (κ2) is 7.46. The molecule has 0 aliphatic rings. The number of Topliss-reactive ketones (excluding diaryl/α,β-unsaturated/α-hetero) is 1. The fourth-order valence-corrected chi connectivity index (χ4v) is 2.61. The molecule has 2 N–H and O–H groups in total. The van der Waals surface area contributed by atoms with Crippen molar-refractivity contribution < 1.29 is 14.4 Å². The van der Waals surface area contributed by atoms with Crippen molar-refractivity contribution >= 4 is 34.6 Å². The van der Waals surface area contributed by atoms with Gasteiger partial charge in [-0.3, -0.25) is 19.4 Å². The average molecular weight is 317 g/mol. The van der Waals surface area contributed by atoms with Crippen molar-refractivity contribution in [2.45, 2.75) is 13.3 Å². The van der Waals surface area contributed by atoms with Gasteiger partial charge in [0.15, 0.2) is 5.78 Å². The maximum atomic E-state index is 11.7. The van der Waals surface area contributed by atoms with E-state index in [1.54, 1.807) is 24.4 Å². The zero-order valence-corrected chi connectivity index (χ0v) is 12.8. The lowest BCUT2D eigenvalue weighted by Crippen LogP contribution is -2.36. The first-order chi connectivity index (χ1) is 10.6. The monoisotopic (exact) mass is 317 g/mol. The van der Waals surface area contributed by atoms with Crippen LogP contribution in [0.1, 0.15) is 21.5 Å². The number of ketones is 1. The van der Waals surface area contributed by atoms with Crippen LogP contribution in [-0.2, 0) is 16.0 Å². The van der Waals surface area contributed by atoms with Gasteiger partial charge in [0.2, 0.25) is 0 Å². The van der Waals surface area contributed by atoms with Crippen molar-refractivity contribution in [3.05, 3.63) is 46.4 Å². The first-order valence-electron chi connectivity index (χ1n) is 6.65. The summed E-state index contributed by atoms with van der Waals surface area (Å²) in [6.45, 7) is 1.84. The van der Waals surface area contributed by atoms with Crippen molar-refractivity contribution in [3.8, 4) is 0 Å². The zero-order valence-electron chi connectivity index (χ0n) is 12.0. The molecule has 2 aromatic heterocycles. The minimum atomic E-state index is -0.733. The highest BCUT2D eigenvalue weighted by Crippen LogP contribution is 2.17. The van der Waals surface area contributed by atoms with Crippen molar-refractivity contribution in [2.75, 3.05) is 11.9 Å². The van der Waals surface area contributed by atoms with Gasteiger partial charge in [-0.1, -0.05) is 0 Å². The van der Waals surface area contributed by atoms with Gasteiger partial charge in [-0.25, -0.2) is 0 Å². The van der Waals surface area contributed by atoms with Crippen LogP contribution in [0.4, 0.5) is 5.69 Å². The molecule has 0 aromatic carbocycles. The van der Waals surface area contributed by atoms with E-state index in [4.69, 9.17) is 0 Å². The molecule has 2 amide bonds. The number of amides is 2. The summed E-state index contributed by atoms with van der Waals surface area (Å²) in [4.78, 5) is 40.0. The molecule has 2 aromatic rings. The van der Waals surface area contributed by atoms with Crippen molar-refractivity contribution in [3.63, 3.8) is 0 Å². The second-order valence-corrected chi connectivity index (χ2v) is 5.69. The summed E-state index contributed by atoms with van der Waals surface area (Å²) in [6, 6.07) is 6.92. The molecule has 0 spiro atoms. The van der Waals surface area contributed by atoms with Gasteiger partial charge in [0, 0.05) is 17.6 Å². The normalized spacial score (nSPS) is 10.0. The fraction of sp³-hybridized carbons (Fsp3) is 0.200. The molecule has 0 aliphatic carbocycles. The number of carbonyl (C=O) groups is 3. The SMILES string of the molecule is CC(=O)c1ccc(CCNC(=O)C(=O)Nc2cccnc2)s1. The molecule has 0 fully saturated rings. The molecule has 0 atom stereocenters. The molecule has 6 nitrogen and oxygen atoms in total. The number of aromatic nitrogens is 1. The Bertz CT molecular complexity index is 682. The topological polar surface area (TPSA) is 88.2 Å². The van der Waals surface area contributed by atoms with Gasteiger partial charge in [-0.2, -0.15) is 0 Å². The Morgan fingerprint density at radius 3 is 2.64 bits per heavy atom. The summed E-state index contributed by atoms with van der Waals surface area (Å²) in [6.07, 6.45) is 3.61. The molecular weight excluding hydrogens is 302 g/mol. The number of nitrogens with one attached hydrogen (secondary N) is 2. The first kappa shape index (κ1) is 15.8. The quantitative estimate of drug-likeness (QED) is 0.648. The van der Waals surface area contributed by atoms with Gasteiger partial charge >= 0.3 is 11.8 Å². The van der Waals surface area contributed by atoms with E-state index in [9.17, 15) is 14.4 Å². The largest absolute Gasteiger partial charge is 0.347 e. The predicted octanol–water partition coefficient (Wildman–Crippen LogP) is 1.64. The van der Waals surface area contributed by atoms with Gasteiger partial charge in [-0.05, 0) is 37.6 Å². The molecule has 22 heavy (non-hydrogen) atoms. The second-order valence-electron chi connectivity index (χ2n) is 4.52. The number of pyridine rings is 1. The maximum absolute atomic E-state index is 11.7. The number of thiophene rings is 1. The van der Waals surface area contributed by atoms with Gasteiger partial charge in [0.1, 0.15) is 0 Å². The van der Waals surface area contributed by atoms with E-state index in [-0.39, 0.29) is 5.78 Å². The van der Waals surface area contributed by atoms with E-state index in [1.807, 2.05) is 6.07 Å². The molecule has 0 radical (unpaired) electrons. The number of carbonyl (C=O) groups excluding carboxylic acids is 3. The maximum Gasteiger partial charge on any atom is 0.313 e. The Kier molecular flexibility index (Phi) is 5.37. The molecule has 0 aliphatic heterocycles. The van der Waals surface area contributed by atoms with Gasteiger partial charge in [-0.15, -0.1) is 11.3 Å². The minimum Gasteiger partial charge on any atom is -0.347 e. The van der Waals surface area contributed by atoms with Crippen LogP contribution in [0.2, 0.25) is 0 Å². The van der Waals surface area contributed by atoms with Gasteiger partial charge in [0.25, 0.3) is 0 Å². The molecule has 2 rings (SSSR count). The third-order valence-electron chi connectivity index (χ3n) is 2.79. The molecule has 0 bridgehead atoms. The Morgan fingerprint density at radius 2 is 2.00 bits per heavy atom. The average Bonchev–Trinajstić information content (AvgIpc) is 2.97. The lowest BCUT2D eigenvalue weighted by molar-refractivity contribution is -0.136. The smallest absolute Gasteiger partial charge is 0.313 e. The summed E-state index contributed by atoms with van der Waals surface area (Å²) >= 11 is 1.39. The van der Waals surface area contributed by atoms with Gasteiger partial charge in [0.05, 0.1) is 16.8 Å². The van der Waals surface area contributed by atoms with Crippen molar-refractivity contribution in [1.29, 1.82) is 0 Å². The number of rotatable bonds is 5. The van der Waals surface area contributed by atoms with E-state index < -0.39 is 11.8 Å². The molecular formula is C15H15N3O3S. The Labute approximate surface area is 131 Å². The van der Waals surface area contributed by atoms with Crippen LogP contribution >= 0.6 is 11.3 Å². The van der Waals surface area contributed by atoms with E-state index in [0.717, 1.165) is 4.88 Å². The lowest BCUT2D eigenvalue weighted by atomic mass is 10.3. The fourth-order valence-electron chi connectivity index (χ4n) is 1.71. The number of hydrogen-bond acceptors (Lipinski definition) is 5. The van der Waals surface area contributed by atoms with Crippen LogP contribution in [-0.4, -0.2) is 29.1 Å². The first-order valence-corrected chi connectivity index (χ1v) is 7.47. The highest BCUT2D eigenvalue weighted by molar-refractivity contribution is 7.14. The van der Waals surface area contributed by atoms with Crippen molar-refractivity contribution in [1.82, 2.24) is 10.3 Å².